The van der Waals surface area contributed by atoms with Crippen molar-refractivity contribution in [3.05, 3.63) is 41.6 Å². The van der Waals surface area contributed by atoms with Gasteiger partial charge in [-0.25, -0.2) is 13.1 Å². The zero-order valence-electron chi connectivity index (χ0n) is 17.7. The topological polar surface area (TPSA) is 108 Å². The number of hydrogen-bond acceptors (Lipinski definition) is 5. The number of anilines is 1. The van der Waals surface area contributed by atoms with E-state index in [2.05, 4.69) is 10.4 Å². The van der Waals surface area contributed by atoms with Crippen molar-refractivity contribution in [2.75, 3.05) is 18.4 Å². The fourth-order valence-electron chi connectivity index (χ4n) is 3.54. The maximum Gasteiger partial charge on any atom is 0.243 e. The molecular weight excluding hydrogens is 402 g/mol. The van der Waals surface area contributed by atoms with E-state index >= 15 is 0 Å². The van der Waals surface area contributed by atoms with E-state index < -0.39 is 10.0 Å². The van der Waals surface area contributed by atoms with E-state index in [1.54, 1.807) is 4.68 Å². The summed E-state index contributed by atoms with van der Waals surface area (Å²) >= 11 is 0. The smallest absolute Gasteiger partial charge is 0.243 e. The van der Waals surface area contributed by atoms with Gasteiger partial charge < -0.3 is 5.32 Å². The number of nitriles is 1. The summed E-state index contributed by atoms with van der Waals surface area (Å²) in [6, 6.07) is 9.70. The third kappa shape index (κ3) is 4.55. The minimum Gasteiger partial charge on any atom is -0.311 e. The van der Waals surface area contributed by atoms with E-state index in [-0.39, 0.29) is 35.3 Å². The molecule has 160 valence electrons. The van der Waals surface area contributed by atoms with E-state index in [9.17, 15) is 13.2 Å². The predicted molar refractivity (Wildman–Crippen MR) is 113 cm³/mol. The molecular formula is C21H27N5O3S. The molecule has 30 heavy (non-hydrogen) atoms. The molecule has 9 heteroatoms. The number of amides is 1. The minimum absolute atomic E-state index is 0.115. The highest BCUT2D eigenvalue weighted by Gasteiger charge is 2.32. The van der Waals surface area contributed by atoms with Crippen LogP contribution < -0.4 is 5.32 Å². The van der Waals surface area contributed by atoms with Crippen molar-refractivity contribution in [3.8, 4) is 6.07 Å². The number of aryl methyl sites for hydroxylation is 1. The Balaban J connectivity index is 1.65. The van der Waals surface area contributed by atoms with Crippen molar-refractivity contribution < 1.29 is 13.2 Å². The van der Waals surface area contributed by atoms with Crippen LogP contribution in [-0.4, -0.2) is 41.5 Å². The lowest BCUT2D eigenvalue weighted by atomic mass is 9.97. The Morgan fingerprint density at radius 3 is 2.33 bits per heavy atom. The maximum atomic E-state index is 12.8. The molecule has 0 spiro atoms. The first-order valence-corrected chi connectivity index (χ1v) is 11.3. The Hall–Kier alpha value is -2.70. The second-order valence-corrected chi connectivity index (χ2v) is 10.5. The fraction of sp³-hybridized carbons (Fsp3) is 0.476. The van der Waals surface area contributed by atoms with Crippen molar-refractivity contribution in [1.82, 2.24) is 14.1 Å². The molecule has 0 unspecified atom stereocenters. The van der Waals surface area contributed by atoms with Crippen LogP contribution in [0.2, 0.25) is 0 Å². The van der Waals surface area contributed by atoms with Crippen LogP contribution in [0.15, 0.2) is 35.2 Å². The maximum absolute atomic E-state index is 12.8. The number of nitrogens with zero attached hydrogens (tertiary/aromatic N) is 4. The zero-order valence-corrected chi connectivity index (χ0v) is 18.5. The molecule has 1 amide bonds. The molecule has 0 radical (unpaired) electrons. The van der Waals surface area contributed by atoms with E-state index in [1.807, 2.05) is 39.8 Å². The molecule has 0 saturated carbocycles. The Morgan fingerprint density at radius 1 is 1.20 bits per heavy atom. The van der Waals surface area contributed by atoms with Crippen LogP contribution in [0.3, 0.4) is 0 Å². The third-order valence-electron chi connectivity index (χ3n) is 5.16. The summed E-state index contributed by atoms with van der Waals surface area (Å²) in [7, 11) is -3.64. The van der Waals surface area contributed by atoms with Gasteiger partial charge in [0.15, 0.2) is 0 Å². The number of carbonyl (C=O) groups excluding carboxylic acids is 1. The monoisotopic (exact) mass is 429 g/mol. The van der Waals surface area contributed by atoms with Crippen molar-refractivity contribution >= 4 is 21.7 Å². The number of carbonyl (C=O) groups is 1. The minimum atomic E-state index is -3.64. The number of piperidine rings is 1. The molecule has 1 aliphatic heterocycles. The van der Waals surface area contributed by atoms with Gasteiger partial charge in [0, 0.05) is 25.1 Å². The van der Waals surface area contributed by atoms with Gasteiger partial charge in [-0.05, 0) is 64.8 Å². The highest BCUT2D eigenvalue weighted by atomic mass is 32.2. The van der Waals surface area contributed by atoms with Crippen LogP contribution in [0.1, 0.15) is 44.9 Å². The zero-order chi connectivity index (χ0) is 22.1. The summed E-state index contributed by atoms with van der Waals surface area (Å²) in [4.78, 5) is 13.0. The van der Waals surface area contributed by atoms with Crippen LogP contribution >= 0.6 is 0 Å². The van der Waals surface area contributed by atoms with E-state index in [0.29, 0.717) is 24.2 Å². The first kappa shape index (κ1) is 22.0. The van der Waals surface area contributed by atoms with Crippen LogP contribution in [0, 0.1) is 24.2 Å². The van der Waals surface area contributed by atoms with Gasteiger partial charge in [0.25, 0.3) is 0 Å². The standard InChI is InChI=1S/C21H27N5O3S/c1-15-13-19(26(24-15)21(2,3)4)23-20(27)17-9-11-25(12-10-17)30(28,29)18-7-5-16(14-22)6-8-18/h5-8,13,17H,9-12H2,1-4H3,(H,23,27). The van der Waals surface area contributed by atoms with Crippen molar-refractivity contribution in [3.63, 3.8) is 0 Å². The van der Waals surface area contributed by atoms with Crippen LogP contribution in [0.25, 0.3) is 0 Å². The molecule has 2 heterocycles. The van der Waals surface area contributed by atoms with Gasteiger partial charge in [-0.1, -0.05) is 0 Å². The largest absolute Gasteiger partial charge is 0.311 e. The first-order chi connectivity index (χ1) is 14.0. The molecule has 3 rings (SSSR count). The quantitative estimate of drug-likeness (QED) is 0.804. The summed E-state index contributed by atoms with van der Waals surface area (Å²) < 4.78 is 28.9. The molecule has 1 saturated heterocycles. The molecule has 0 atom stereocenters. The van der Waals surface area contributed by atoms with E-state index in [1.165, 1.54) is 28.6 Å². The normalized spacial score (nSPS) is 16.2. The third-order valence-corrected chi connectivity index (χ3v) is 7.08. The Labute approximate surface area is 177 Å². The number of sulfonamides is 1. The summed E-state index contributed by atoms with van der Waals surface area (Å²) in [6.45, 7) is 8.48. The van der Waals surface area contributed by atoms with Gasteiger partial charge in [0.2, 0.25) is 15.9 Å². The van der Waals surface area contributed by atoms with Gasteiger partial charge in [0.05, 0.1) is 27.8 Å². The van der Waals surface area contributed by atoms with Gasteiger partial charge in [-0.3, -0.25) is 4.79 Å². The fourth-order valence-corrected chi connectivity index (χ4v) is 5.01. The van der Waals surface area contributed by atoms with Gasteiger partial charge in [0.1, 0.15) is 5.82 Å². The molecule has 1 aromatic carbocycles. The average Bonchev–Trinajstić information content (AvgIpc) is 3.08. The van der Waals surface area contributed by atoms with Gasteiger partial charge in [-0.15, -0.1) is 0 Å². The highest BCUT2D eigenvalue weighted by molar-refractivity contribution is 7.89. The predicted octanol–water partition coefficient (Wildman–Crippen LogP) is 2.86. The first-order valence-electron chi connectivity index (χ1n) is 9.90. The van der Waals surface area contributed by atoms with Gasteiger partial charge in [-0.2, -0.15) is 14.7 Å². The second-order valence-electron chi connectivity index (χ2n) is 8.56. The summed E-state index contributed by atoms with van der Waals surface area (Å²) in [5, 5.41) is 16.3. The number of hydrogen-bond donors (Lipinski definition) is 1. The lowest BCUT2D eigenvalue weighted by Crippen LogP contribution is -2.41. The van der Waals surface area contributed by atoms with E-state index in [4.69, 9.17) is 5.26 Å². The number of rotatable bonds is 4. The molecule has 1 aromatic heterocycles. The summed E-state index contributed by atoms with van der Waals surface area (Å²) in [6.07, 6.45) is 0.897. The van der Waals surface area contributed by atoms with Crippen LogP contribution in [0.5, 0.6) is 0 Å². The number of nitrogens with one attached hydrogen (secondary N) is 1. The van der Waals surface area contributed by atoms with Crippen LogP contribution in [0.4, 0.5) is 5.82 Å². The number of aromatic nitrogens is 2. The molecule has 0 aliphatic carbocycles. The van der Waals surface area contributed by atoms with Crippen LogP contribution in [-0.2, 0) is 20.4 Å². The second kappa shape index (κ2) is 8.20. The highest BCUT2D eigenvalue weighted by Crippen LogP contribution is 2.26. The summed E-state index contributed by atoms with van der Waals surface area (Å²) in [5.41, 5.74) is 0.965. The number of benzene rings is 1. The molecule has 1 aliphatic rings. The molecule has 2 aromatic rings. The summed E-state index contributed by atoms with van der Waals surface area (Å²) in [5.74, 6) is 0.273. The molecule has 8 nitrogen and oxygen atoms in total. The van der Waals surface area contributed by atoms with Crippen molar-refractivity contribution in [2.45, 2.75) is 51.0 Å². The lowest BCUT2D eigenvalue weighted by molar-refractivity contribution is -0.121. The SMILES string of the molecule is Cc1cc(NC(=O)C2CCN(S(=O)(=O)c3ccc(C#N)cc3)CC2)n(C(C)(C)C)n1. The Morgan fingerprint density at radius 2 is 1.80 bits per heavy atom. The van der Waals surface area contributed by atoms with E-state index in [0.717, 1.165) is 5.69 Å². The van der Waals surface area contributed by atoms with Gasteiger partial charge >= 0.3 is 0 Å². The molecule has 1 N–H and O–H groups in total. The average molecular weight is 430 g/mol. The Kier molecular flexibility index (Phi) is 6.01. The molecule has 0 bridgehead atoms. The molecule has 1 fully saturated rings. The Bertz CT molecular complexity index is 1070. The lowest BCUT2D eigenvalue weighted by Gasteiger charge is -2.31. The van der Waals surface area contributed by atoms with Crippen molar-refractivity contribution in [1.29, 1.82) is 5.26 Å². The van der Waals surface area contributed by atoms with Crippen molar-refractivity contribution in [2.24, 2.45) is 5.92 Å².